The summed E-state index contributed by atoms with van der Waals surface area (Å²) in [6, 6.07) is 61.0. The Morgan fingerprint density at radius 3 is 1.58 bits per heavy atom. The van der Waals surface area contributed by atoms with Crippen molar-refractivity contribution in [3.05, 3.63) is 191 Å². The summed E-state index contributed by atoms with van der Waals surface area (Å²) in [5, 5.41) is 0. The quantitative estimate of drug-likeness (QED) is 0.163. The highest BCUT2D eigenvalue weighted by atomic mass is 15.3. The molecule has 8 aromatic carbocycles. The maximum Gasteiger partial charge on any atom is 0.252 e. The minimum absolute atomic E-state index is 0.0188. The summed E-state index contributed by atoms with van der Waals surface area (Å²) in [4.78, 5) is 8.70. The number of benzene rings is 8. The number of fused-ring (bicyclic) bond motifs is 14. The van der Waals surface area contributed by atoms with E-state index in [4.69, 9.17) is 0 Å². The number of rotatable bonds is 4. The van der Waals surface area contributed by atoms with Crippen molar-refractivity contribution in [3.8, 4) is 33.4 Å². The predicted molar refractivity (Wildman–Crippen MR) is 356 cm³/mol. The molecule has 0 radical (unpaired) electrons. The summed E-state index contributed by atoms with van der Waals surface area (Å²) in [6.07, 6.45) is 9.57. The second-order valence-corrected chi connectivity index (χ2v) is 31.2. The molecule has 2 fully saturated rings. The molecule has 3 aliphatic carbocycles. The van der Waals surface area contributed by atoms with Crippen LogP contribution in [0.2, 0.25) is 0 Å². The van der Waals surface area contributed by atoms with Crippen molar-refractivity contribution in [2.75, 3.05) is 14.7 Å². The van der Waals surface area contributed by atoms with Gasteiger partial charge in [-0.2, -0.15) is 0 Å². The molecule has 0 saturated heterocycles. The van der Waals surface area contributed by atoms with Crippen LogP contribution in [0, 0.1) is 0 Å². The van der Waals surface area contributed by atoms with Crippen LogP contribution in [-0.4, -0.2) is 17.8 Å². The summed E-state index contributed by atoms with van der Waals surface area (Å²) in [5.41, 5.74) is 31.2. The third-order valence-corrected chi connectivity index (χ3v) is 23.2. The zero-order valence-corrected chi connectivity index (χ0v) is 52.5. The molecule has 4 heterocycles. The van der Waals surface area contributed by atoms with Gasteiger partial charge in [-0.05, 0) is 181 Å². The molecule has 15 rings (SSSR count). The highest BCUT2D eigenvalue weighted by Gasteiger charge is 2.63. The molecule has 0 amide bonds. The van der Waals surface area contributed by atoms with Crippen LogP contribution in [-0.2, 0) is 32.5 Å². The van der Waals surface area contributed by atoms with Crippen LogP contribution in [0.15, 0.2) is 152 Å². The zero-order valence-electron chi connectivity index (χ0n) is 52.5. The Kier molecular flexibility index (Phi) is 11.0. The van der Waals surface area contributed by atoms with E-state index < -0.39 is 0 Å². The van der Waals surface area contributed by atoms with Gasteiger partial charge >= 0.3 is 0 Å². The van der Waals surface area contributed by atoms with Crippen LogP contribution in [0.3, 0.4) is 0 Å². The molecule has 4 unspecified atom stereocenters. The molecule has 4 atom stereocenters. The zero-order chi connectivity index (χ0) is 57.9. The van der Waals surface area contributed by atoms with Gasteiger partial charge < -0.3 is 14.7 Å². The van der Waals surface area contributed by atoms with Crippen molar-refractivity contribution in [3.63, 3.8) is 0 Å². The van der Waals surface area contributed by atoms with Crippen LogP contribution in [0.4, 0.5) is 39.8 Å². The first-order chi connectivity index (χ1) is 39.3. The van der Waals surface area contributed by atoms with Crippen molar-refractivity contribution in [2.24, 2.45) is 0 Å². The SMILES string of the molecule is CC(C)(C)c1ccc(N2c3cc(N4c5ccc(-c6ccccc6)cc5C5(C)CCCCC45C)cc4c3B(c3cc(C(C)(C)C)cc5c3N4C3(C)CCCCC53C)c3c2ccc2c3-c3cc(C(C)(C)C)ccc3C2(C)C)c(-c2ccccc2)c1. The van der Waals surface area contributed by atoms with Crippen LogP contribution in [0.5, 0.6) is 0 Å². The number of anilines is 7. The molecule has 4 aliphatic heterocycles. The molecule has 7 aliphatic rings. The summed E-state index contributed by atoms with van der Waals surface area (Å²) < 4.78 is 0. The number of nitrogens with zero attached hydrogens (tertiary/aromatic N) is 3. The topological polar surface area (TPSA) is 9.72 Å². The van der Waals surface area contributed by atoms with Crippen molar-refractivity contribution >= 4 is 62.9 Å². The molecular weight excluding hydrogens is 1000 g/mol. The Hall–Kier alpha value is -6.78. The molecule has 0 spiro atoms. The average Bonchev–Trinajstić information content (AvgIpc) is 1.70. The largest absolute Gasteiger partial charge is 0.335 e. The molecule has 3 nitrogen and oxygen atoms in total. The molecule has 83 heavy (non-hydrogen) atoms. The summed E-state index contributed by atoms with van der Waals surface area (Å²) in [7, 11) is 0. The Balaban J connectivity index is 1.12. The van der Waals surface area contributed by atoms with Gasteiger partial charge in [0.25, 0.3) is 6.71 Å². The van der Waals surface area contributed by atoms with E-state index in [9.17, 15) is 0 Å². The lowest BCUT2D eigenvalue weighted by atomic mass is 9.32. The maximum atomic E-state index is 3.00. The standard InChI is InChI=1S/C79H86BN3/c1-72(2,3)52-31-33-58-57(44-52)68-59(75(58,10)11)34-37-65-70(68)80-62-46-54(74(7,8)9)45-61-71(62)83(79(15)41-25-23-39-77(61,79)13)67-48-55(47-66(69(67)80)81(65)63-36-32-53(73(4,5)6)43-56(63)50-28-20-17-21-29-50)82-64-35-30-51(49-26-18-16-19-27-49)42-60(64)76(12)38-22-24-40-78(76,82)14/h16-21,26-37,42-48H,22-25,38-41H2,1-15H3. The van der Waals surface area contributed by atoms with E-state index in [1.54, 1.807) is 5.56 Å². The summed E-state index contributed by atoms with van der Waals surface area (Å²) in [5.74, 6) is 0. The second-order valence-electron chi connectivity index (χ2n) is 31.2. The van der Waals surface area contributed by atoms with Gasteiger partial charge in [0.1, 0.15) is 0 Å². The Morgan fingerprint density at radius 1 is 0.386 bits per heavy atom. The van der Waals surface area contributed by atoms with Crippen LogP contribution in [0.1, 0.15) is 194 Å². The molecule has 2 saturated carbocycles. The fraction of sp³-hybridized carbons (Fsp3) is 0.392. The van der Waals surface area contributed by atoms with Crippen molar-refractivity contribution in [2.45, 2.75) is 199 Å². The minimum Gasteiger partial charge on any atom is -0.335 e. The second kappa shape index (κ2) is 17.2. The molecular formula is C79H86BN3. The monoisotopic (exact) mass is 1090 g/mol. The summed E-state index contributed by atoms with van der Waals surface area (Å²) >= 11 is 0. The minimum atomic E-state index is -0.200. The first-order valence-electron chi connectivity index (χ1n) is 31.8. The highest BCUT2D eigenvalue weighted by Crippen LogP contribution is 2.66. The summed E-state index contributed by atoms with van der Waals surface area (Å²) in [6.45, 7) is 37.2. The Bertz CT molecular complexity index is 4050. The third kappa shape index (κ3) is 7.05. The lowest BCUT2D eigenvalue weighted by Crippen LogP contribution is -2.65. The lowest BCUT2D eigenvalue weighted by Gasteiger charge is -2.54. The number of hydrogen-bond acceptors (Lipinski definition) is 3. The van der Waals surface area contributed by atoms with Gasteiger partial charge in [0.2, 0.25) is 0 Å². The van der Waals surface area contributed by atoms with Crippen LogP contribution >= 0.6 is 0 Å². The molecule has 0 N–H and O–H groups in total. The van der Waals surface area contributed by atoms with E-state index in [2.05, 4.69) is 270 Å². The average molecular weight is 1090 g/mol. The fourth-order valence-corrected chi connectivity index (χ4v) is 17.9. The van der Waals surface area contributed by atoms with Crippen molar-refractivity contribution in [1.82, 2.24) is 0 Å². The Labute approximate surface area is 497 Å². The van der Waals surface area contributed by atoms with Crippen LogP contribution < -0.4 is 31.1 Å². The third-order valence-electron chi connectivity index (χ3n) is 23.2. The van der Waals surface area contributed by atoms with E-state index in [0.29, 0.717) is 0 Å². The number of hydrogen-bond donors (Lipinski definition) is 0. The van der Waals surface area contributed by atoms with E-state index in [1.807, 2.05) is 0 Å². The molecule has 8 aromatic rings. The first-order valence-corrected chi connectivity index (χ1v) is 31.8. The van der Waals surface area contributed by atoms with Gasteiger partial charge in [0.15, 0.2) is 0 Å². The van der Waals surface area contributed by atoms with E-state index in [0.717, 1.165) is 12.8 Å². The lowest BCUT2D eigenvalue weighted by molar-refractivity contribution is 0.194. The predicted octanol–water partition coefficient (Wildman–Crippen LogP) is 19.3. The fourth-order valence-electron chi connectivity index (χ4n) is 17.9. The van der Waals surface area contributed by atoms with Crippen molar-refractivity contribution < 1.29 is 0 Å². The molecule has 0 bridgehead atoms. The van der Waals surface area contributed by atoms with Crippen molar-refractivity contribution in [1.29, 1.82) is 0 Å². The highest BCUT2D eigenvalue weighted by molar-refractivity contribution is 7.01. The van der Waals surface area contributed by atoms with Gasteiger partial charge in [0, 0.05) is 55.9 Å². The normalized spacial score (nSPS) is 24.1. The molecule has 420 valence electrons. The molecule has 0 aromatic heterocycles. The van der Waals surface area contributed by atoms with Gasteiger partial charge in [-0.25, -0.2) is 0 Å². The maximum absolute atomic E-state index is 3.00. The van der Waals surface area contributed by atoms with Gasteiger partial charge in [0.05, 0.1) is 16.8 Å². The smallest absolute Gasteiger partial charge is 0.252 e. The van der Waals surface area contributed by atoms with Crippen LogP contribution in [0.25, 0.3) is 33.4 Å². The van der Waals surface area contributed by atoms with E-state index >= 15 is 0 Å². The van der Waals surface area contributed by atoms with Gasteiger partial charge in [-0.3, -0.25) is 0 Å². The Morgan fingerprint density at radius 2 is 0.928 bits per heavy atom. The van der Waals surface area contributed by atoms with Gasteiger partial charge in [-0.15, -0.1) is 0 Å². The molecule has 4 heteroatoms. The van der Waals surface area contributed by atoms with E-state index in [1.165, 1.54) is 161 Å². The first kappa shape index (κ1) is 53.0. The van der Waals surface area contributed by atoms with E-state index in [-0.39, 0.29) is 50.3 Å². The van der Waals surface area contributed by atoms with Gasteiger partial charge in [-0.1, -0.05) is 225 Å².